The van der Waals surface area contributed by atoms with E-state index in [1.54, 1.807) is 25.1 Å². The predicted octanol–water partition coefficient (Wildman–Crippen LogP) is 5.19. The third kappa shape index (κ3) is 7.76. The fourth-order valence-corrected chi connectivity index (χ4v) is 5.73. The summed E-state index contributed by atoms with van der Waals surface area (Å²) < 4.78 is 34.1. The molecule has 0 aromatic heterocycles. The van der Waals surface area contributed by atoms with Gasteiger partial charge in [0.25, 0.3) is 10.0 Å². The van der Waals surface area contributed by atoms with E-state index in [1.807, 2.05) is 44.2 Å². The molecule has 1 atom stereocenters. The number of methoxy groups -OCH3 is 1. The van der Waals surface area contributed by atoms with Gasteiger partial charge in [0.05, 0.1) is 22.7 Å². The van der Waals surface area contributed by atoms with Crippen LogP contribution in [0.4, 0.5) is 5.69 Å². The normalized spacial score (nSPS) is 11.9. The first-order valence-corrected chi connectivity index (χ1v) is 14.9. The van der Waals surface area contributed by atoms with E-state index in [0.29, 0.717) is 12.3 Å². The van der Waals surface area contributed by atoms with Crippen LogP contribution < -0.4 is 14.4 Å². The van der Waals surface area contributed by atoms with Crippen LogP contribution in [-0.2, 0) is 26.2 Å². The lowest BCUT2D eigenvalue weighted by molar-refractivity contribution is -0.139. The number of rotatable bonds is 13. The van der Waals surface area contributed by atoms with Gasteiger partial charge in [0.1, 0.15) is 18.3 Å². The second kappa shape index (κ2) is 14.2. The van der Waals surface area contributed by atoms with E-state index in [4.69, 9.17) is 16.3 Å². The summed E-state index contributed by atoms with van der Waals surface area (Å²) in [5.41, 5.74) is 1.90. The summed E-state index contributed by atoms with van der Waals surface area (Å²) in [6.45, 7) is 5.60. The van der Waals surface area contributed by atoms with Gasteiger partial charge in [0.15, 0.2) is 0 Å². The first-order valence-electron chi connectivity index (χ1n) is 13.1. The number of nitrogens with zero attached hydrogens (tertiary/aromatic N) is 2. The van der Waals surface area contributed by atoms with Gasteiger partial charge in [-0.15, -0.1) is 0 Å². The van der Waals surface area contributed by atoms with Crippen molar-refractivity contribution in [1.29, 1.82) is 0 Å². The molecule has 0 aliphatic carbocycles. The summed E-state index contributed by atoms with van der Waals surface area (Å²) in [7, 11) is -2.73. The number of anilines is 1. The number of aryl methyl sites for hydroxylation is 1. The van der Waals surface area contributed by atoms with Crippen molar-refractivity contribution in [3.8, 4) is 5.75 Å². The molecular weight excluding hydrogens is 550 g/mol. The highest BCUT2D eigenvalue weighted by atomic mass is 35.5. The number of carbonyl (C=O) groups excluding carboxylic acids is 2. The molecule has 8 nitrogen and oxygen atoms in total. The summed E-state index contributed by atoms with van der Waals surface area (Å²) in [6, 6.07) is 19.3. The number of hydrogen-bond acceptors (Lipinski definition) is 5. The minimum atomic E-state index is -4.19. The fraction of sp³-hybridized carbons (Fsp3) is 0.333. The predicted molar refractivity (Wildman–Crippen MR) is 158 cm³/mol. The van der Waals surface area contributed by atoms with Crippen LogP contribution >= 0.6 is 11.6 Å². The molecule has 3 rings (SSSR count). The summed E-state index contributed by atoms with van der Waals surface area (Å²) in [6.07, 6.45) is 1.73. The Morgan fingerprint density at radius 1 is 1.02 bits per heavy atom. The quantitative estimate of drug-likeness (QED) is 0.279. The molecule has 0 unspecified atom stereocenters. The van der Waals surface area contributed by atoms with Gasteiger partial charge < -0.3 is 15.0 Å². The first-order chi connectivity index (χ1) is 19.1. The minimum Gasteiger partial charge on any atom is -0.495 e. The molecule has 0 aliphatic rings. The lowest BCUT2D eigenvalue weighted by atomic mass is 10.1. The molecule has 40 heavy (non-hydrogen) atoms. The van der Waals surface area contributed by atoms with E-state index >= 15 is 0 Å². The summed E-state index contributed by atoms with van der Waals surface area (Å²) in [5.74, 6) is -0.477. The highest BCUT2D eigenvalue weighted by Crippen LogP contribution is 2.32. The van der Waals surface area contributed by atoms with Gasteiger partial charge in [-0.1, -0.05) is 73.0 Å². The van der Waals surface area contributed by atoms with Crippen LogP contribution in [0.5, 0.6) is 5.75 Å². The molecule has 1 N–H and O–H groups in total. The number of nitrogens with one attached hydrogen (secondary N) is 1. The number of unbranched alkanes of at least 4 members (excludes halogenated alkanes) is 1. The average molecular weight is 586 g/mol. The highest BCUT2D eigenvalue weighted by molar-refractivity contribution is 7.92. The van der Waals surface area contributed by atoms with Crippen LogP contribution in [0.2, 0.25) is 5.02 Å². The third-order valence-corrected chi connectivity index (χ3v) is 8.59. The molecule has 3 aromatic rings. The lowest BCUT2D eigenvalue weighted by Crippen LogP contribution is -2.51. The monoisotopic (exact) mass is 585 g/mol. The maximum Gasteiger partial charge on any atom is 0.264 e. The van der Waals surface area contributed by atoms with E-state index in [0.717, 1.165) is 28.3 Å². The second-order valence-corrected chi connectivity index (χ2v) is 11.7. The van der Waals surface area contributed by atoms with Crippen molar-refractivity contribution in [2.75, 3.05) is 24.5 Å². The SMILES string of the molecule is CCCCNC(=O)[C@H](C)N(Cc1ccccc1)C(=O)CN(c1ccc(OC)c(Cl)c1)S(=O)(=O)c1ccc(C)cc1. The van der Waals surface area contributed by atoms with Gasteiger partial charge in [0.2, 0.25) is 11.8 Å². The van der Waals surface area contributed by atoms with Gasteiger partial charge in [-0.25, -0.2) is 8.42 Å². The average Bonchev–Trinajstić information content (AvgIpc) is 2.94. The van der Waals surface area contributed by atoms with Gasteiger partial charge in [-0.2, -0.15) is 0 Å². The van der Waals surface area contributed by atoms with Crippen LogP contribution in [0.15, 0.2) is 77.7 Å². The number of sulfonamides is 1. The number of carbonyl (C=O) groups is 2. The smallest absolute Gasteiger partial charge is 0.264 e. The van der Waals surface area contributed by atoms with E-state index in [-0.39, 0.29) is 28.1 Å². The molecule has 0 heterocycles. The molecule has 2 amide bonds. The van der Waals surface area contributed by atoms with Gasteiger partial charge in [0, 0.05) is 13.1 Å². The highest BCUT2D eigenvalue weighted by Gasteiger charge is 2.32. The molecule has 0 saturated heterocycles. The molecule has 0 fully saturated rings. The van der Waals surface area contributed by atoms with E-state index in [1.165, 1.54) is 36.3 Å². The van der Waals surface area contributed by atoms with Crippen molar-refractivity contribution in [1.82, 2.24) is 10.2 Å². The Labute approximate surface area is 241 Å². The van der Waals surface area contributed by atoms with Crippen molar-refractivity contribution in [3.05, 3.63) is 88.9 Å². The Bertz CT molecular complexity index is 1400. The maximum absolute atomic E-state index is 13.9. The maximum atomic E-state index is 13.9. The van der Waals surface area contributed by atoms with Crippen molar-refractivity contribution >= 4 is 39.1 Å². The number of amides is 2. The summed E-state index contributed by atoms with van der Waals surface area (Å²) in [4.78, 5) is 28.4. The molecule has 0 radical (unpaired) electrons. The standard InChI is InChI=1S/C30H36ClN3O5S/c1-5-6-18-32-30(36)23(3)33(20-24-10-8-7-9-11-24)29(35)21-34(25-14-17-28(39-4)27(31)19-25)40(37,38)26-15-12-22(2)13-16-26/h7-17,19,23H,5-6,18,20-21H2,1-4H3,(H,32,36)/t23-/m0/s1. The number of halogens is 1. The molecule has 10 heteroatoms. The Balaban J connectivity index is 2.02. The molecule has 214 valence electrons. The Kier molecular flexibility index (Phi) is 11.0. The van der Waals surface area contributed by atoms with E-state index in [2.05, 4.69) is 5.32 Å². The zero-order valence-corrected chi connectivity index (χ0v) is 24.8. The van der Waals surface area contributed by atoms with Crippen molar-refractivity contribution in [2.45, 2.75) is 51.1 Å². The van der Waals surface area contributed by atoms with Crippen LogP contribution in [0.1, 0.15) is 37.8 Å². The molecular formula is C30H36ClN3O5S. The molecule has 0 bridgehead atoms. The largest absolute Gasteiger partial charge is 0.495 e. The Morgan fingerprint density at radius 3 is 2.30 bits per heavy atom. The number of ether oxygens (including phenoxy) is 1. The molecule has 0 spiro atoms. The van der Waals surface area contributed by atoms with Crippen LogP contribution in [0.25, 0.3) is 0 Å². The second-order valence-electron chi connectivity index (χ2n) is 9.47. The van der Waals surface area contributed by atoms with Crippen molar-refractivity contribution < 1.29 is 22.7 Å². The minimum absolute atomic E-state index is 0.0257. The van der Waals surface area contributed by atoms with Crippen LogP contribution in [0, 0.1) is 6.92 Å². The van der Waals surface area contributed by atoms with Crippen LogP contribution in [-0.4, -0.2) is 51.4 Å². The lowest BCUT2D eigenvalue weighted by Gasteiger charge is -2.32. The topological polar surface area (TPSA) is 96.0 Å². The molecule has 0 saturated carbocycles. The Hall–Kier alpha value is -3.56. The molecule has 0 aliphatic heterocycles. The summed E-state index contributed by atoms with van der Waals surface area (Å²) in [5, 5.41) is 3.07. The molecule has 3 aromatic carbocycles. The third-order valence-electron chi connectivity index (χ3n) is 6.50. The number of hydrogen-bond donors (Lipinski definition) is 1. The van der Waals surface area contributed by atoms with Crippen LogP contribution in [0.3, 0.4) is 0 Å². The Morgan fingerprint density at radius 2 is 1.70 bits per heavy atom. The van der Waals surface area contributed by atoms with E-state index in [9.17, 15) is 18.0 Å². The van der Waals surface area contributed by atoms with Gasteiger partial charge in [-0.3, -0.25) is 13.9 Å². The zero-order chi connectivity index (χ0) is 29.3. The van der Waals surface area contributed by atoms with E-state index < -0.39 is 28.5 Å². The fourth-order valence-electron chi connectivity index (χ4n) is 4.08. The van der Waals surface area contributed by atoms with Crippen molar-refractivity contribution in [3.63, 3.8) is 0 Å². The van der Waals surface area contributed by atoms with Gasteiger partial charge in [-0.05, 0) is 56.2 Å². The van der Waals surface area contributed by atoms with Gasteiger partial charge >= 0.3 is 0 Å². The van der Waals surface area contributed by atoms with Crippen molar-refractivity contribution in [2.24, 2.45) is 0 Å². The zero-order valence-electron chi connectivity index (χ0n) is 23.3. The summed E-state index contributed by atoms with van der Waals surface area (Å²) >= 11 is 6.35. The number of benzene rings is 3. The first kappa shape index (κ1) is 31.0.